The highest BCUT2D eigenvalue weighted by atomic mass is 19.3. The summed E-state index contributed by atoms with van der Waals surface area (Å²) in [5.41, 5.74) is 7.05. The van der Waals surface area contributed by atoms with Crippen LogP contribution in [0.25, 0.3) is 0 Å². The van der Waals surface area contributed by atoms with E-state index in [0.717, 1.165) is 0 Å². The maximum absolute atomic E-state index is 14.3. The van der Waals surface area contributed by atoms with Gasteiger partial charge < -0.3 is 10.6 Å². The summed E-state index contributed by atoms with van der Waals surface area (Å²) in [6, 6.07) is 14.9. The van der Waals surface area contributed by atoms with Crippen LogP contribution in [0.3, 0.4) is 0 Å². The van der Waals surface area contributed by atoms with Crippen molar-refractivity contribution < 1.29 is 8.78 Å². The van der Waals surface area contributed by atoms with Gasteiger partial charge >= 0.3 is 0 Å². The number of anilines is 2. The Morgan fingerprint density at radius 2 is 1.60 bits per heavy atom. The number of nitrogens with two attached hydrogens (primary N) is 1. The van der Waals surface area contributed by atoms with Gasteiger partial charge in [0.05, 0.1) is 17.9 Å². The standard InChI is InChI=1S/C16H18F2N2/c1-2-20(15-11-7-6-10-14(15)19)12-16(17,18)13-8-4-3-5-9-13/h3-11H,2,12,19H2,1H3. The maximum Gasteiger partial charge on any atom is 0.290 e. The van der Waals surface area contributed by atoms with E-state index in [-0.39, 0.29) is 12.1 Å². The Balaban J connectivity index is 2.24. The molecule has 0 spiro atoms. The number of hydrogen-bond acceptors (Lipinski definition) is 2. The number of alkyl halides is 2. The number of benzene rings is 2. The first-order valence-electron chi connectivity index (χ1n) is 6.57. The highest BCUT2D eigenvalue weighted by Gasteiger charge is 2.33. The average Bonchev–Trinajstić information content (AvgIpc) is 2.46. The Morgan fingerprint density at radius 1 is 1.00 bits per heavy atom. The Kier molecular flexibility index (Phi) is 4.23. The maximum atomic E-state index is 14.3. The molecule has 20 heavy (non-hydrogen) atoms. The lowest BCUT2D eigenvalue weighted by atomic mass is 10.1. The largest absolute Gasteiger partial charge is 0.397 e. The molecular formula is C16H18F2N2. The van der Waals surface area contributed by atoms with Gasteiger partial charge in [0.2, 0.25) is 0 Å². The van der Waals surface area contributed by atoms with Gasteiger partial charge in [-0.1, -0.05) is 42.5 Å². The molecule has 0 bridgehead atoms. The van der Waals surface area contributed by atoms with Gasteiger partial charge in [-0.2, -0.15) is 8.78 Å². The molecule has 0 heterocycles. The Bertz CT molecular complexity index is 555. The number of hydrogen-bond donors (Lipinski definition) is 1. The van der Waals surface area contributed by atoms with Gasteiger partial charge in [-0.05, 0) is 19.1 Å². The summed E-state index contributed by atoms with van der Waals surface area (Å²) < 4.78 is 28.7. The monoisotopic (exact) mass is 276 g/mol. The van der Waals surface area contributed by atoms with E-state index in [9.17, 15) is 8.78 Å². The first kappa shape index (κ1) is 14.3. The fourth-order valence-corrected chi connectivity index (χ4v) is 2.16. The summed E-state index contributed by atoms with van der Waals surface area (Å²) in [6.45, 7) is 1.92. The summed E-state index contributed by atoms with van der Waals surface area (Å²) in [6.07, 6.45) is 0. The van der Waals surface area contributed by atoms with Gasteiger partial charge in [0.1, 0.15) is 0 Å². The van der Waals surface area contributed by atoms with Crippen LogP contribution in [-0.4, -0.2) is 13.1 Å². The minimum absolute atomic E-state index is 0.0213. The molecule has 0 atom stereocenters. The summed E-state index contributed by atoms with van der Waals surface area (Å²) in [4.78, 5) is 1.60. The topological polar surface area (TPSA) is 29.3 Å². The fraction of sp³-hybridized carbons (Fsp3) is 0.250. The summed E-state index contributed by atoms with van der Waals surface area (Å²) in [7, 11) is 0. The number of para-hydroxylation sites is 2. The second-order valence-corrected chi connectivity index (χ2v) is 4.64. The average molecular weight is 276 g/mol. The molecule has 0 aliphatic heterocycles. The SMILES string of the molecule is CCN(CC(F)(F)c1ccccc1)c1ccccc1N. The third-order valence-corrected chi connectivity index (χ3v) is 3.24. The van der Waals surface area contributed by atoms with E-state index in [1.54, 1.807) is 47.4 Å². The predicted molar refractivity (Wildman–Crippen MR) is 79.1 cm³/mol. The smallest absolute Gasteiger partial charge is 0.290 e. The number of halogens is 2. The molecule has 0 saturated carbocycles. The van der Waals surface area contributed by atoms with Gasteiger partial charge in [-0.15, -0.1) is 0 Å². The second-order valence-electron chi connectivity index (χ2n) is 4.64. The molecule has 0 aliphatic carbocycles. The molecule has 2 aromatic rings. The van der Waals surface area contributed by atoms with Crippen molar-refractivity contribution in [1.82, 2.24) is 0 Å². The van der Waals surface area contributed by atoms with E-state index in [4.69, 9.17) is 5.73 Å². The highest BCUT2D eigenvalue weighted by molar-refractivity contribution is 5.67. The van der Waals surface area contributed by atoms with Crippen LogP contribution in [0.15, 0.2) is 54.6 Å². The van der Waals surface area contributed by atoms with E-state index in [0.29, 0.717) is 17.9 Å². The molecule has 0 aliphatic rings. The molecule has 4 heteroatoms. The van der Waals surface area contributed by atoms with Gasteiger partial charge in [0, 0.05) is 12.1 Å². The quantitative estimate of drug-likeness (QED) is 0.839. The van der Waals surface area contributed by atoms with Crippen LogP contribution < -0.4 is 10.6 Å². The molecular weight excluding hydrogens is 258 g/mol. The number of nitrogen functional groups attached to an aromatic ring is 1. The Labute approximate surface area is 117 Å². The number of nitrogens with zero attached hydrogens (tertiary/aromatic N) is 1. The van der Waals surface area contributed by atoms with E-state index in [2.05, 4.69) is 0 Å². The molecule has 0 unspecified atom stereocenters. The highest BCUT2D eigenvalue weighted by Crippen LogP contribution is 2.32. The molecule has 2 nitrogen and oxygen atoms in total. The fourth-order valence-electron chi connectivity index (χ4n) is 2.16. The molecule has 0 amide bonds. The van der Waals surface area contributed by atoms with Crippen LogP contribution in [0.2, 0.25) is 0 Å². The minimum Gasteiger partial charge on any atom is -0.397 e. The lowest BCUT2D eigenvalue weighted by Gasteiger charge is -2.29. The number of likely N-dealkylation sites (N-methyl/N-ethyl adjacent to an activating group) is 1. The summed E-state index contributed by atoms with van der Waals surface area (Å²) >= 11 is 0. The normalized spacial score (nSPS) is 11.3. The van der Waals surface area contributed by atoms with Crippen molar-refractivity contribution in [2.75, 3.05) is 23.7 Å². The lowest BCUT2D eigenvalue weighted by molar-refractivity contribution is 0.00415. The van der Waals surface area contributed by atoms with Crippen LogP contribution >= 0.6 is 0 Å². The van der Waals surface area contributed by atoms with Crippen molar-refractivity contribution in [3.63, 3.8) is 0 Å². The van der Waals surface area contributed by atoms with Crippen LogP contribution in [0.4, 0.5) is 20.2 Å². The van der Waals surface area contributed by atoms with Gasteiger partial charge in [-0.3, -0.25) is 0 Å². The molecule has 0 aromatic heterocycles. The second kappa shape index (κ2) is 5.90. The van der Waals surface area contributed by atoms with Crippen molar-refractivity contribution in [1.29, 1.82) is 0 Å². The Hall–Kier alpha value is -2.10. The van der Waals surface area contributed by atoms with Crippen molar-refractivity contribution >= 4 is 11.4 Å². The van der Waals surface area contributed by atoms with E-state index < -0.39 is 5.92 Å². The van der Waals surface area contributed by atoms with Gasteiger partial charge in [0.15, 0.2) is 0 Å². The molecule has 2 rings (SSSR count). The zero-order valence-corrected chi connectivity index (χ0v) is 11.4. The summed E-state index contributed by atoms with van der Waals surface area (Å²) in [5.74, 6) is -2.92. The Morgan fingerprint density at radius 3 is 2.20 bits per heavy atom. The van der Waals surface area contributed by atoms with Crippen LogP contribution in [-0.2, 0) is 5.92 Å². The van der Waals surface area contributed by atoms with Gasteiger partial charge in [0.25, 0.3) is 5.92 Å². The van der Waals surface area contributed by atoms with Crippen LogP contribution in [0.1, 0.15) is 12.5 Å². The van der Waals surface area contributed by atoms with Crippen molar-refractivity contribution in [3.05, 3.63) is 60.2 Å². The predicted octanol–water partition coefficient (Wildman–Crippen LogP) is 3.89. The molecule has 0 radical (unpaired) electrons. The molecule has 0 fully saturated rings. The third-order valence-electron chi connectivity index (χ3n) is 3.24. The van der Waals surface area contributed by atoms with Crippen LogP contribution in [0.5, 0.6) is 0 Å². The molecule has 2 N–H and O–H groups in total. The lowest BCUT2D eigenvalue weighted by Crippen LogP contribution is -2.35. The van der Waals surface area contributed by atoms with E-state index in [1.807, 2.05) is 6.92 Å². The van der Waals surface area contributed by atoms with E-state index >= 15 is 0 Å². The first-order valence-corrected chi connectivity index (χ1v) is 6.57. The zero-order valence-electron chi connectivity index (χ0n) is 11.4. The summed E-state index contributed by atoms with van der Waals surface area (Å²) in [5, 5.41) is 0. The van der Waals surface area contributed by atoms with Crippen molar-refractivity contribution in [2.45, 2.75) is 12.8 Å². The van der Waals surface area contributed by atoms with Crippen LogP contribution in [0, 0.1) is 0 Å². The zero-order chi connectivity index (χ0) is 14.6. The van der Waals surface area contributed by atoms with E-state index in [1.165, 1.54) is 12.1 Å². The molecule has 106 valence electrons. The van der Waals surface area contributed by atoms with Crippen molar-refractivity contribution in [3.8, 4) is 0 Å². The third kappa shape index (κ3) is 3.07. The van der Waals surface area contributed by atoms with Crippen molar-refractivity contribution in [2.24, 2.45) is 0 Å². The molecule has 0 saturated heterocycles. The number of rotatable bonds is 5. The first-order chi connectivity index (χ1) is 9.54. The minimum atomic E-state index is -2.92. The van der Waals surface area contributed by atoms with Gasteiger partial charge in [-0.25, -0.2) is 0 Å². The molecule has 2 aromatic carbocycles.